The summed E-state index contributed by atoms with van der Waals surface area (Å²) in [6.07, 6.45) is 1.17. The van der Waals surface area contributed by atoms with E-state index in [1.54, 1.807) is 30.9 Å². The number of pyridine rings is 1. The minimum atomic E-state index is -0.298. The maximum atomic E-state index is 13.4. The molecule has 7 nitrogen and oxygen atoms in total. The average molecular weight is 419 g/mol. The Morgan fingerprint density at radius 1 is 1.00 bits per heavy atom. The van der Waals surface area contributed by atoms with Gasteiger partial charge in [-0.1, -0.05) is 25.1 Å². The van der Waals surface area contributed by atoms with E-state index in [9.17, 15) is 9.59 Å². The van der Waals surface area contributed by atoms with E-state index in [2.05, 4.69) is 0 Å². The summed E-state index contributed by atoms with van der Waals surface area (Å²) < 4.78 is 14.1. The van der Waals surface area contributed by atoms with E-state index in [0.29, 0.717) is 47.7 Å². The lowest BCUT2D eigenvalue weighted by molar-refractivity contribution is 0.354. The highest BCUT2D eigenvalue weighted by atomic mass is 16.5. The van der Waals surface area contributed by atoms with Crippen LogP contribution in [0, 0.1) is 0 Å². The van der Waals surface area contributed by atoms with Crippen molar-refractivity contribution in [3.05, 3.63) is 74.4 Å². The standard InChI is InChI=1S/C24H25N3O4/c1-5-20-25-23-21(22(28)16-8-6-7-9-17(16)26(23)2)24(29)27(20)13-12-15-10-11-18(30-3)19(14-15)31-4/h6-11,14H,5,12-13H2,1-4H3. The number of methoxy groups -OCH3 is 2. The summed E-state index contributed by atoms with van der Waals surface area (Å²) in [6, 6.07) is 13.0. The number of benzene rings is 2. The van der Waals surface area contributed by atoms with Crippen LogP contribution in [0.1, 0.15) is 18.3 Å². The predicted octanol–water partition coefficient (Wildman–Crippen LogP) is 3.07. The van der Waals surface area contributed by atoms with Gasteiger partial charge in [-0.25, -0.2) is 4.98 Å². The number of aryl methyl sites for hydroxylation is 3. The van der Waals surface area contributed by atoms with Gasteiger partial charge in [0, 0.05) is 25.4 Å². The maximum absolute atomic E-state index is 13.4. The van der Waals surface area contributed by atoms with E-state index in [0.717, 1.165) is 11.1 Å². The summed E-state index contributed by atoms with van der Waals surface area (Å²) in [4.78, 5) is 31.3. The summed E-state index contributed by atoms with van der Waals surface area (Å²) in [5.41, 5.74) is 1.61. The van der Waals surface area contributed by atoms with Crippen LogP contribution in [0.5, 0.6) is 11.5 Å². The lowest BCUT2D eigenvalue weighted by Crippen LogP contribution is -2.31. The van der Waals surface area contributed by atoms with Gasteiger partial charge in [-0.15, -0.1) is 0 Å². The largest absolute Gasteiger partial charge is 0.493 e. The summed E-state index contributed by atoms with van der Waals surface area (Å²) in [5.74, 6) is 1.95. The SMILES string of the molecule is CCc1nc2c(c(=O)c3ccccc3n2C)c(=O)n1CCc1ccc(OC)c(OC)c1. The molecule has 0 amide bonds. The quantitative estimate of drug-likeness (QED) is 0.449. The first-order chi connectivity index (χ1) is 15.0. The molecule has 0 saturated carbocycles. The normalized spacial score (nSPS) is 11.2. The molecule has 0 aliphatic carbocycles. The second-order valence-electron chi connectivity index (χ2n) is 7.38. The number of aromatic nitrogens is 3. The van der Waals surface area contributed by atoms with Crippen molar-refractivity contribution in [1.29, 1.82) is 0 Å². The number of para-hydroxylation sites is 1. The molecule has 0 unspecified atom stereocenters. The fourth-order valence-corrected chi connectivity index (χ4v) is 4.01. The molecule has 0 radical (unpaired) electrons. The van der Waals surface area contributed by atoms with Crippen LogP contribution in [-0.2, 0) is 26.4 Å². The van der Waals surface area contributed by atoms with Gasteiger partial charge in [0.05, 0.1) is 19.7 Å². The topological polar surface area (TPSA) is 75.4 Å². The van der Waals surface area contributed by atoms with Crippen molar-refractivity contribution in [3.63, 3.8) is 0 Å². The molecule has 0 spiro atoms. The zero-order valence-corrected chi connectivity index (χ0v) is 18.1. The molecular formula is C24H25N3O4. The van der Waals surface area contributed by atoms with Crippen LogP contribution in [0.4, 0.5) is 0 Å². The third-order valence-corrected chi connectivity index (χ3v) is 5.67. The molecule has 2 aromatic carbocycles. The Bertz CT molecular complexity index is 1400. The highest BCUT2D eigenvalue weighted by Gasteiger charge is 2.17. The molecule has 31 heavy (non-hydrogen) atoms. The monoisotopic (exact) mass is 419 g/mol. The van der Waals surface area contributed by atoms with Crippen molar-refractivity contribution < 1.29 is 9.47 Å². The molecule has 2 aromatic heterocycles. The first-order valence-electron chi connectivity index (χ1n) is 10.2. The van der Waals surface area contributed by atoms with Crippen LogP contribution < -0.4 is 20.5 Å². The lowest BCUT2D eigenvalue weighted by atomic mass is 10.1. The highest BCUT2D eigenvalue weighted by Crippen LogP contribution is 2.27. The number of fused-ring (bicyclic) bond motifs is 2. The van der Waals surface area contributed by atoms with Crippen LogP contribution in [0.25, 0.3) is 21.9 Å². The molecule has 0 aliphatic rings. The van der Waals surface area contributed by atoms with E-state index >= 15 is 0 Å². The van der Waals surface area contributed by atoms with Crippen LogP contribution in [0.2, 0.25) is 0 Å². The van der Waals surface area contributed by atoms with E-state index in [4.69, 9.17) is 14.5 Å². The van der Waals surface area contributed by atoms with Crippen molar-refractivity contribution in [1.82, 2.24) is 14.1 Å². The first-order valence-corrected chi connectivity index (χ1v) is 10.2. The Morgan fingerprint density at radius 3 is 2.45 bits per heavy atom. The molecule has 0 N–H and O–H groups in total. The van der Waals surface area contributed by atoms with Crippen molar-refractivity contribution in [2.75, 3.05) is 14.2 Å². The Balaban J connectivity index is 1.84. The summed E-state index contributed by atoms with van der Waals surface area (Å²) in [7, 11) is 5.02. The summed E-state index contributed by atoms with van der Waals surface area (Å²) >= 11 is 0. The maximum Gasteiger partial charge on any atom is 0.266 e. The summed E-state index contributed by atoms with van der Waals surface area (Å²) in [5, 5.41) is 0.651. The summed E-state index contributed by atoms with van der Waals surface area (Å²) in [6.45, 7) is 2.37. The van der Waals surface area contributed by atoms with Gasteiger partial charge < -0.3 is 14.0 Å². The van der Waals surface area contributed by atoms with Gasteiger partial charge in [-0.3, -0.25) is 14.2 Å². The predicted molar refractivity (Wildman–Crippen MR) is 121 cm³/mol. The second-order valence-corrected chi connectivity index (χ2v) is 7.38. The second kappa shape index (κ2) is 8.26. The third-order valence-electron chi connectivity index (χ3n) is 5.67. The van der Waals surface area contributed by atoms with Crippen molar-refractivity contribution in [3.8, 4) is 11.5 Å². The zero-order chi connectivity index (χ0) is 22.1. The molecule has 7 heteroatoms. The molecule has 160 valence electrons. The number of nitrogens with zero attached hydrogens (tertiary/aromatic N) is 3. The Morgan fingerprint density at radius 2 is 1.74 bits per heavy atom. The Labute approximate surface area is 179 Å². The lowest BCUT2D eigenvalue weighted by Gasteiger charge is -2.16. The minimum Gasteiger partial charge on any atom is -0.493 e. The number of rotatable bonds is 6. The molecule has 0 fully saturated rings. The molecular weight excluding hydrogens is 394 g/mol. The van der Waals surface area contributed by atoms with Gasteiger partial charge in [-0.05, 0) is 36.2 Å². The van der Waals surface area contributed by atoms with E-state index in [1.807, 2.05) is 48.9 Å². The smallest absolute Gasteiger partial charge is 0.266 e. The van der Waals surface area contributed by atoms with Crippen molar-refractivity contribution in [2.24, 2.45) is 7.05 Å². The molecule has 4 aromatic rings. The van der Waals surface area contributed by atoms with Crippen LogP contribution >= 0.6 is 0 Å². The minimum absolute atomic E-state index is 0.130. The molecule has 0 aliphatic heterocycles. The van der Waals surface area contributed by atoms with Crippen LogP contribution in [0.15, 0.2) is 52.1 Å². The molecule has 0 saturated heterocycles. The average Bonchev–Trinajstić information content (AvgIpc) is 2.81. The Kier molecular flexibility index (Phi) is 5.50. The molecule has 0 atom stereocenters. The van der Waals surface area contributed by atoms with Gasteiger partial charge in [0.2, 0.25) is 5.43 Å². The van der Waals surface area contributed by atoms with Crippen LogP contribution in [-0.4, -0.2) is 28.3 Å². The van der Waals surface area contributed by atoms with Gasteiger partial charge in [0.25, 0.3) is 5.56 Å². The van der Waals surface area contributed by atoms with Crippen molar-refractivity contribution in [2.45, 2.75) is 26.3 Å². The fourth-order valence-electron chi connectivity index (χ4n) is 4.01. The number of ether oxygens (including phenoxy) is 2. The van der Waals surface area contributed by atoms with Gasteiger partial charge in [0.15, 0.2) is 17.1 Å². The van der Waals surface area contributed by atoms with E-state index in [-0.39, 0.29) is 16.4 Å². The van der Waals surface area contributed by atoms with Crippen LogP contribution in [0.3, 0.4) is 0 Å². The zero-order valence-electron chi connectivity index (χ0n) is 18.1. The third kappa shape index (κ3) is 3.46. The molecule has 2 heterocycles. The fraction of sp³-hybridized carbons (Fsp3) is 0.292. The van der Waals surface area contributed by atoms with Gasteiger partial charge >= 0.3 is 0 Å². The van der Waals surface area contributed by atoms with Gasteiger partial charge in [-0.2, -0.15) is 0 Å². The Hall–Kier alpha value is -3.61. The molecule has 0 bridgehead atoms. The first kappa shape index (κ1) is 20.7. The van der Waals surface area contributed by atoms with E-state index in [1.165, 1.54) is 0 Å². The van der Waals surface area contributed by atoms with E-state index < -0.39 is 0 Å². The van der Waals surface area contributed by atoms with Gasteiger partial charge in [0.1, 0.15) is 11.2 Å². The highest BCUT2D eigenvalue weighted by molar-refractivity contribution is 5.91. The molecule has 4 rings (SSSR count). The number of hydrogen-bond donors (Lipinski definition) is 0. The van der Waals surface area contributed by atoms with Crippen molar-refractivity contribution >= 4 is 21.9 Å². The number of hydrogen-bond acceptors (Lipinski definition) is 5.